The molecule has 0 saturated carbocycles. The van der Waals surface area contributed by atoms with E-state index in [0.717, 1.165) is 24.0 Å². The van der Waals surface area contributed by atoms with Gasteiger partial charge in [0.25, 0.3) is 0 Å². The maximum atomic E-state index is 13.5. The molecule has 4 rings (SSSR count). The average molecular weight is 442 g/mol. The summed E-state index contributed by atoms with van der Waals surface area (Å²) in [5.74, 6) is 0.0287. The van der Waals surface area contributed by atoms with Gasteiger partial charge in [-0.3, -0.25) is 4.79 Å². The average Bonchev–Trinajstić information content (AvgIpc) is 3.14. The van der Waals surface area contributed by atoms with E-state index in [1.165, 1.54) is 4.90 Å². The third kappa shape index (κ3) is 4.94. The molecular weight excluding hydrogens is 414 g/mol. The Kier molecular flexibility index (Phi) is 6.35. The molecule has 0 bridgehead atoms. The zero-order valence-corrected chi connectivity index (χ0v) is 18.7. The second-order valence-electron chi connectivity index (χ2n) is 8.99. The topological polar surface area (TPSA) is 55.8 Å². The first kappa shape index (κ1) is 21.8. The first-order chi connectivity index (χ1) is 14.8. The molecule has 0 spiro atoms. The maximum Gasteiger partial charge on any atom is 0.417 e. The van der Waals surface area contributed by atoms with Crippen molar-refractivity contribution >= 4 is 23.6 Å². The third-order valence-corrected chi connectivity index (χ3v) is 6.58. The van der Waals surface area contributed by atoms with Gasteiger partial charge < -0.3 is 9.47 Å². The van der Waals surface area contributed by atoms with Crippen molar-refractivity contribution in [3.05, 3.63) is 70.7 Å². The van der Waals surface area contributed by atoms with Gasteiger partial charge in [0.05, 0.1) is 5.60 Å². The molecular formula is C25H28ClNO4. The summed E-state index contributed by atoms with van der Waals surface area (Å²) in [6.07, 6.45) is 1.39. The van der Waals surface area contributed by atoms with Gasteiger partial charge in [0, 0.05) is 18.1 Å². The molecule has 2 saturated heterocycles. The Morgan fingerprint density at radius 1 is 1.16 bits per heavy atom. The highest BCUT2D eigenvalue weighted by atomic mass is 35.5. The molecule has 164 valence electrons. The Bertz CT molecular complexity index is 928. The van der Waals surface area contributed by atoms with Crippen molar-refractivity contribution in [3.8, 4) is 0 Å². The van der Waals surface area contributed by atoms with Gasteiger partial charge in [-0.05, 0) is 61.8 Å². The Labute approximate surface area is 188 Å². The molecule has 0 aromatic heterocycles. The number of cyclic esters (lactones) is 1. The zero-order valence-electron chi connectivity index (χ0n) is 17.9. The molecule has 0 aliphatic carbocycles. The van der Waals surface area contributed by atoms with Crippen LogP contribution in [0.5, 0.6) is 0 Å². The number of carbonyl (C=O) groups is 2. The van der Waals surface area contributed by atoms with Crippen molar-refractivity contribution in [1.29, 1.82) is 0 Å². The van der Waals surface area contributed by atoms with Gasteiger partial charge in [-0.15, -0.1) is 0 Å². The summed E-state index contributed by atoms with van der Waals surface area (Å²) in [5, 5.41) is 0.661. The van der Waals surface area contributed by atoms with E-state index in [4.69, 9.17) is 21.1 Å². The summed E-state index contributed by atoms with van der Waals surface area (Å²) in [5.41, 5.74) is 1.72. The zero-order chi connectivity index (χ0) is 22.0. The van der Waals surface area contributed by atoms with E-state index in [1.807, 2.05) is 54.6 Å². The van der Waals surface area contributed by atoms with Crippen LogP contribution in [-0.2, 0) is 14.3 Å². The molecule has 2 amide bonds. The summed E-state index contributed by atoms with van der Waals surface area (Å²) >= 11 is 6.11. The minimum atomic E-state index is -0.569. The standard InChI is InChI=1S/C25H28ClNO4/c1-25(2)15-19(12-13-31-25)21(17-8-10-20(26)11-9-17)14-23(28)27-22(16-30-24(27)29)18-6-4-3-5-7-18/h3-11,19,21-22H,12-16H2,1-2H3/t19-,21?,22-/m0/s1. The number of halogens is 1. The molecule has 2 aliphatic rings. The van der Waals surface area contributed by atoms with Crippen LogP contribution in [0, 0.1) is 5.92 Å². The summed E-state index contributed by atoms with van der Waals surface area (Å²) in [6.45, 7) is 5.02. The number of hydrogen-bond donors (Lipinski definition) is 0. The number of nitrogens with zero attached hydrogens (tertiary/aromatic N) is 1. The quantitative estimate of drug-likeness (QED) is 0.593. The van der Waals surface area contributed by atoms with Gasteiger partial charge in [0.1, 0.15) is 12.6 Å². The highest BCUT2D eigenvalue weighted by molar-refractivity contribution is 6.30. The number of benzene rings is 2. The third-order valence-electron chi connectivity index (χ3n) is 6.32. The minimum Gasteiger partial charge on any atom is -0.446 e. The normalized spacial score (nSPS) is 24.0. The second-order valence-corrected chi connectivity index (χ2v) is 9.43. The van der Waals surface area contributed by atoms with Gasteiger partial charge in [0.15, 0.2) is 0 Å². The van der Waals surface area contributed by atoms with Gasteiger partial charge in [-0.25, -0.2) is 9.69 Å². The van der Waals surface area contributed by atoms with E-state index in [1.54, 1.807) is 0 Å². The molecule has 3 atom stereocenters. The highest BCUT2D eigenvalue weighted by Crippen LogP contribution is 2.41. The number of carbonyl (C=O) groups excluding carboxylic acids is 2. The van der Waals surface area contributed by atoms with E-state index < -0.39 is 12.1 Å². The van der Waals surface area contributed by atoms with Crippen LogP contribution in [0.4, 0.5) is 4.79 Å². The summed E-state index contributed by atoms with van der Waals surface area (Å²) in [4.78, 5) is 27.2. The number of imide groups is 1. The van der Waals surface area contributed by atoms with E-state index >= 15 is 0 Å². The number of amides is 2. The molecule has 2 aromatic carbocycles. The van der Waals surface area contributed by atoms with Crippen LogP contribution in [0.1, 0.15) is 56.2 Å². The molecule has 0 radical (unpaired) electrons. The minimum absolute atomic E-state index is 0.0298. The fourth-order valence-corrected chi connectivity index (χ4v) is 4.92. The van der Waals surface area contributed by atoms with Crippen molar-refractivity contribution in [1.82, 2.24) is 4.90 Å². The summed E-state index contributed by atoms with van der Waals surface area (Å²) < 4.78 is 11.2. The molecule has 2 aliphatic heterocycles. The van der Waals surface area contributed by atoms with E-state index in [0.29, 0.717) is 11.6 Å². The summed E-state index contributed by atoms with van der Waals surface area (Å²) in [7, 11) is 0. The van der Waals surface area contributed by atoms with Crippen LogP contribution in [0.3, 0.4) is 0 Å². The molecule has 2 aromatic rings. The van der Waals surface area contributed by atoms with Crippen molar-refractivity contribution in [2.45, 2.75) is 50.7 Å². The molecule has 5 nitrogen and oxygen atoms in total. The lowest BCUT2D eigenvalue weighted by atomic mass is 9.75. The molecule has 2 fully saturated rings. The maximum absolute atomic E-state index is 13.5. The Morgan fingerprint density at radius 3 is 2.55 bits per heavy atom. The Morgan fingerprint density at radius 2 is 1.87 bits per heavy atom. The molecule has 2 heterocycles. The predicted molar refractivity (Wildman–Crippen MR) is 119 cm³/mol. The largest absolute Gasteiger partial charge is 0.446 e. The lowest BCUT2D eigenvalue weighted by Crippen LogP contribution is -2.39. The first-order valence-corrected chi connectivity index (χ1v) is 11.1. The Hall–Kier alpha value is -2.37. The van der Waals surface area contributed by atoms with Crippen molar-refractivity contribution in [2.75, 3.05) is 13.2 Å². The van der Waals surface area contributed by atoms with Gasteiger partial charge >= 0.3 is 6.09 Å². The second kappa shape index (κ2) is 9.01. The number of hydrogen-bond acceptors (Lipinski definition) is 4. The predicted octanol–water partition coefficient (Wildman–Crippen LogP) is 5.74. The van der Waals surface area contributed by atoms with Crippen LogP contribution in [-0.4, -0.2) is 35.7 Å². The smallest absolute Gasteiger partial charge is 0.417 e. The number of rotatable bonds is 5. The molecule has 31 heavy (non-hydrogen) atoms. The Balaban J connectivity index is 1.60. The molecule has 1 unspecified atom stereocenters. The van der Waals surface area contributed by atoms with Crippen LogP contribution >= 0.6 is 11.6 Å². The monoisotopic (exact) mass is 441 g/mol. The highest BCUT2D eigenvalue weighted by Gasteiger charge is 2.41. The molecule has 6 heteroatoms. The van der Waals surface area contributed by atoms with Gasteiger partial charge in [-0.1, -0.05) is 54.1 Å². The van der Waals surface area contributed by atoms with Gasteiger partial charge in [-0.2, -0.15) is 0 Å². The fourth-order valence-electron chi connectivity index (χ4n) is 4.79. The van der Waals surface area contributed by atoms with E-state index in [-0.39, 0.29) is 36.4 Å². The lowest BCUT2D eigenvalue weighted by molar-refractivity contribution is -0.131. The van der Waals surface area contributed by atoms with Crippen LogP contribution in [0.25, 0.3) is 0 Å². The lowest BCUT2D eigenvalue weighted by Gasteiger charge is -2.39. The van der Waals surface area contributed by atoms with Crippen molar-refractivity contribution < 1.29 is 19.1 Å². The van der Waals surface area contributed by atoms with Crippen LogP contribution in [0.2, 0.25) is 5.02 Å². The van der Waals surface area contributed by atoms with Crippen molar-refractivity contribution in [2.24, 2.45) is 5.92 Å². The van der Waals surface area contributed by atoms with E-state index in [9.17, 15) is 9.59 Å². The fraction of sp³-hybridized carbons (Fsp3) is 0.440. The molecule has 0 N–H and O–H groups in total. The van der Waals surface area contributed by atoms with E-state index in [2.05, 4.69) is 13.8 Å². The van der Waals surface area contributed by atoms with Crippen molar-refractivity contribution in [3.63, 3.8) is 0 Å². The van der Waals surface area contributed by atoms with Crippen LogP contribution < -0.4 is 0 Å². The number of ether oxygens (including phenoxy) is 2. The van der Waals surface area contributed by atoms with Crippen LogP contribution in [0.15, 0.2) is 54.6 Å². The van der Waals surface area contributed by atoms with Gasteiger partial charge in [0.2, 0.25) is 5.91 Å². The SMILES string of the molecule is CC1(C)C[C@@H](C(CC(=O)N2C(=O)OC[C@H]2c2ccccc2)c2ccc(Cl)cc2)CCO1. The first-order valence-electron chi connectivity index (χ1n) is 10.8. The summed E-state index contributed by atoms with van der Waals surface area (Å²) in [6, 6.07) is 16.9.